The lowest BCUT2D eigenvalue weighted by molar-refractivity contribution is -0.124. The Bertz CT molecular complexity index is 561. The van der Waals surface area contributed by atoms with Crippen molar-refractivity contribution in [3.8, 4) is 0 Å². The summed E-state index contributed by atoms with van der Waals surface area (Å²) < 4.78 is 5.34. The molecule has 1 aliphatic rings. The molecule has 1 aliphatic heterocycles. The SMILES string of the molecule is O=C(Nc1ccc(Cc2nn[nH]n2)cc1)C1CCCO1. The van der Waals surface area contributed by atoms with Crippen molar-refractivity contribution in [2.24, 2.45) is 0 Å². The van der Waals surface area contributed by atoms with E-state index in [1.807, 2.05) is 24.3 Å². The third-order valence-corrected chi connectivity index (χ3v) is 3.20. The molecule has 1 amide bonds. The Labute approximate surface area is 115 Å². The number of nitrogens with one attached hydrogen (secondary N) is 2. The molecule has 104 valence electrons. The number of hydrogen-bond donors (Lipinski definition) is 2. The van der Waals surface area contributed by atoms with Crippen molar-refractivity contribution in [3.63, 3.8) is 0 Å². The number of rotatable bonds is 4. The Morgan fingerprint density at radius 2 is 2.25 bits per heavy atom. The number of carbonyl (C=O) groups excluding carboxylic acids is 1. The van der Waals surface area contributed by atoms with Gasteiger partial charge in [0.2, 0.25) is 0 Å². The average Bonchev–Trinajstić information content (AvgIpc) is 3.13. The molecule has 3 rings (SSSR count). The monoisotopic (exact) mass is 273 g/mol. The van der Waals surface area contributed by atoms with Crippen molar-refractivity contribution in [3.05, 3.63) is 35.7 Å². The fourth-order valence-corrected chi connectivity index (χ4v) is 2.15. The van der Waals surface area contributed by atoms with Crippen LogP contribution in [0.3, 0.4) is 0 Å². The number of ether oxygens (including phenoxy) is 1. The van der Waals surface area contributed by atoms with Gasteiger partial charge in [-0.3, -0.25) is 4.79 Å². The number of nitrogens with zero attached hydrogens (tertiary/aromatic N) is 3. The molecule has 7 heteroatoms. The van der Waals surface area contributed by atoms with E-state index in [1.54, 1.807) is 0 Å². The Balaban J connectivity index is 1.59. The van der Waals surface area contributed by atoms with Crippen molar-refractivity contribution in [1.29, 1.82) is 0 Å². The maximum absolute atomic E-state index is 11.9. The van der Waals surface area contributed by atoms with Gasteiger partial charge in [0.05, 0.1) is 0 Å². The van der Waals surface area contributed by atoms with E-state index < -0.39 is 0 Å². The first-order chi connectivity index (χ1) is 9.81. The first-order valence-corrected chi connectivity index (χ1v) is 6.55. The van der Waals surface area contributed by atoms with Gasteiger partial charge in [0, 0.05) is 18.7 Å². The van der Waals surface area contributed by atoms with Crippen LogP contribution in [0.5, 0.6) is 0 Å². The smallest absolute Gasteiger partial charge is 0.253 e. The summed E-state index contributed by atoms with van der Waals surface area (Å²) in [6.07, 6.45) is 2.04. The second kappa shape index (κ2) is 5.79. The third kappa shape index (κ3) is 3.00. The highest BCUT2D eigenvalue weighted by atomic mass is 16.5. The Kier molecular flexibility index (Phi) is 3.69. The van der Waals surface area contributed by atoms with Crippen LogP contribution in [-0.4, -0.2) is 39.2 Å². The molecule has 20 heavy (non-hydrogen) atoms. The molecule has 0 aliphatic carbocycles. The molecule has 2 aromatic rings. The average molecular weight is 273 g/mol. The molecule has 7 nitrogen and oxygen atoms in total. The largest absolute Gasteiger partial charge is 0.368 e. The second-order valence-electron chi connectivity index (χ2n) is 4.69. The van der Waals surface area contributed by atoms with Gasteiger partial charge in [-0.1, -0.05) is 17.3 Å². The highest BCUT2D eigenvalue weighted by molar-refractivity contribution is 5.94. The van der Waals surface area contributed by atoms with E-state index in [4.69, 9.17) is 4.74 Å². The second-order valence-corrected chi connectivity index (χ2v) is 4.69. The predicted octanol–water partition coefficient (Wildman–Crippen LogP) is 0.908. The van der Waals surface area contributed by atoms with Gasteiger partial charge in [-0.2, -0.15) is 5.21 Å². The van der Waals surface area contributed by atoms with Gasteiger partial charge < -0.3 is 10.1 Å². The molecule has 0 saturated carbocycles. The molecule has 0 radical (unpaired) electrons. The summed E-state index contributed by atoms with van der Waals surface area (Å²) in [5.41, 5.74) is 1.82. The predicted molar refractivity (Wildman–Crippen MR) is 71.0 cm³/mol. The molecule has 1 atom stereocenters. The van der Waals surface area contributed by atoms with E-state index >= 15 is 0 Å². The van der Waals surface area contributed by atoms with Gasteiger partial charge in [0.25, 0.3) is 5.91 Å². The van der Waals surface area contributed by atoms with Crippen LogP contribution in [0.1, 0.15) is 24.2 Å². The maximum atomic E-state index is 11.9. The number of amides is 1. The van der Waals surface area contributed by atoms with E-state index in [2.05, 4.69) is 25.9 Å². The molecular weight excluding hydrogens is 258 g/mol. The molecule has 1 aromatic heterocycles. The lowest BCUT2D eigenvalue weighted by atomic mass is 10.1. The highest BCUT2D eigenvalue weighted by Crippen LogP contribution is 2.16. The van der Waals surface area contributed by atoms with Crippen molar-refractivity contribution in [1.82, 2.24) is 20.6 Å². The molecule has 0 bridgehead atoms. The first-order valence-electron chi connectivity index (χ1n) is 6.55. The number of benzene rings is 1. The number of anilines is 1. The van der Waals surface area contributed by atoms with Gasteiger partial charge in [0.1, 0.15) is 6.10 Å². The number of carbonyl (C=O) groups is 1. The van der Waals surface area contributed by atoms with E-state index in [-0.39, 0.29) is 12.0 Å². The standard InChI is InChI=1S/C13H15N5O2/c19-13(11-2-1-7-20-11)14-10-5-3-9(4-6-10)8-12-15-17-18-16-12/h3-6,11H,1-2,7-8H2,(H,14,19)(H,15,16,17,18). The fourth-order valence-electron chi connectivity index (χ4n) is 2.15. The molecule has 1 unspecified atom stereocenters. The molecule has 2 heterocycles. The van der Waals surface area contributed by atoms with Gasteiger partial charge >= 0.3 is 0 Å². The van der Waals surface area contributed by atoms with Crippen molar-refractivity contribution >= 4 is 11.6 Å². The van der Waals surface area contributed by atoms with Gasteiger partial charge in [-0.05, 0) is 30.5 Å². The Morgan fingerprint density at radius 3 is 2.90 bits per heavy atom. The third-order valence-electron chi connectivity index (χ3n) is 3.20. The Hall–Kier alpha value is -2.28. The Morgan fingerprint density at radius 1 is 1.40 bits per heavy atom. The summed E-state index contributed by atoms with van der Waals surface area (Å²) in [7, 11) is 0. The number of aromatic nitrogens is 4. The molecule has 1 fully saturated rings. The zero-order chi connectivity index (χ0) is 13.8. The summed E-state index contributed by atoms with van der Waals surface area (Å²) in [6, 6.07) is 7.59. The number of tetrazole rings is 1. The number of H-pyrrole nitrogens is 1. The molecule has 1 aromatic carbocycles. The molecule has 1 saturated heterocycles. The summed E-state index contributed by atoms with van der Waals surface area (Å²) in [5, 5.41) is 16.6. The van der Waals surface area contributed by atoms with Crippen LogP contribution in [-0.2, 0) is 16.0 Å². The van der Waals surface area contributed by atoms with E-state index in [1.165, 1.54) is 0 Å². The van der Waals surface area contributed by atoms with Gasteiger partial charge in [0.15, 0.2) is 5.82 Å². The van der Waals surface area contributed by atoms with Crippen LogP contribution >= 0.6 is 0 Å². The van der Waals surface area contributed by atoms with Gasteiger partial charge in [-0.25, -0.2) is 0 Å². The summed E-state index contributed by atoms with van der Waals surface area (Å²) >= 11 is 0. The van der Waals surface area contributed by atoms with Crippen LogP contribution in [0.25, 0.3) is 0 Å². The van der Waals surface area contributed by atoms with Crippen LogP contribution in [0, 0.1) is 0 Å². The van der Waals surface area contributed by atoms with Crippen molar-refractivity contribution in [2.45, 2.75) is 25.4 Å². The lowest BCUT2D eigenvalue weighted by Crippen LogP contribution is -2.26. The van der Waals surface area contributed by atoms with Crippen LogP contribution in [0.4, 0.5) is 5.69 Å². The lowest BCUT2D eigenvalue weighted by Gasteiger charge is -2.10. The van der Waals surface area contributed by atoms with Crippen LogP contribution in [0.15, 0.2) is 24.3 Å². The minimum atomic E-state index is -0.311. The number of aromatic amines is 1. The minimum Gasteiger partial charge on any atom is -0.368 e. The maximum Gasteiger partial charge on any atom is 0.253 e. The van der Waals surface area contributed by atoms with E-state index in [0.29, 0.717) is 18.9 Å². The highest BCUT2D eigenvalue weighted by Gasteiger charge is 2.23. The van der Waals surface area contributed by atoms with Gasteiger partial charge in [-0.15, -0.1) is 10.2 Å². The molecular formula is C13H15N5O2. The summed E-state index contributed by atoms with van der Waals surface area (Å²) in [5.74, 6) is 0.564. The zero-order valence-corrected chi connectivity index (χ0v) is 10.9. The zero-order valence-electron chi connectivity index (χ0n) is 10.9. The first kappa shape index (κ1) is 12.7. The van der Waals surface area contributed by atoms with Crippen LogP contribution in [0.2, 0.25) is 0 Å². The fraction of sp³-hybridized carbons (Fsp3) is 0.385. The molecule has 0 spiro atoms. The topological polar surface area (TPSA) is 92.8 Å². The van der Waals surface area contributed by atoms with Crippen molar-refractivity contribution < 1.29 is 9.53 Å². The van der Waals surface area contributed by atoms with E-state index in [0.717, 1.165) is 24.1 Å². The van der Waals surface area contributed by atoms with E-state index in [9.17, 15) is 4.79 Å². The minimum absolute atomic E-state index is 0.0755. The quantitative estimate of drug-likeness (QED) is 0.863. The van der Waals surface area contributed by atoms with Crippen LogP contribution < -0.4 is 5.32 Å². The molecule has 2 N–H and O–H groups in total. The summed E-state index contributed by atoms with van der Waals surface area (Å²) in [4.78, 5) is 11.9. The van der Waals surface area contributed by atoms with Crippen molar-refractivity contribution in [2.75, 3.05) is 11.9 Å². The normalized spacial score (nSPS) is 18.1. The number of hydrogen-bond acceptors (Lipinski definition) is 5. The summed E-state index contributed by atoms with van der Waals surface area (Å²) in [6.45, 7) is 0.668.